The van der Waals surface area contributed by atoms with Crippen molar-refractivity contribution in [3.05, 3.63) is 30.3 Å². The minimum atomic E-state index is -4.89. The number of phosphoric ester groups is 1. The van der Waals surface area contributed by atoms with Gasteiger partial charge in [0.1, 0.15) is 13.6 Å². The summed E-state index contributed by atoms with van der Waals surface area (Å²) < 4.78 is 14.1. The van der Waals surface area contributed by atoms with Crippen LogP contribution >= 0.6 is 7.82 Å². The van der Waals surface area contributed by atoms with Gasteiger partial charge in [-0.3, -0.25) is 0 Å². The second-order valence-electron chi connectivity index (χ2n) is 1.85. The third kappa shape index (κ3) is 5.14. The van der Waals surface area contributed by atoms with Gasteiger partial charge in [-0.1, -0.05) is 18.2 Å². The first-order chi connectivity index (χ1) is 5.08. The largest absolute Gasteiger partial charge is 2.00 e. The summed E-state index contributed by atoms with van der Waals surface area (Å²) in [5, 5.41) is 0. The van der Waals surface area contributed by atoms with Gasteiger partial charge in [-0.15, -0.1) is 0 Å². The van der Waals surface area contributed by atoms with Crippen molar-refractivity contribution in [2.24, 2.45) is 0 Å². The molecule has 0 N–H and O–H groups in total. The van der Waals surface area contributed by atoms with E-state index in [1.807, 2.05) is 0 Å². The maximum atomic E-state index is 10.1. The molecule has 1 aromatic carbocycles. The van der Waals surface area contributed by atoms with E-state index >= 15 is 0 Å². The molecule has 0 fully saturated rings. The van der Waals surface area contributed by atoms with Crippen LogP contribution in [0.25, 0.3) is 0 Å². The van der Waals surface area contributed by atoms with Crippen LogP contribution in [0.2, 0.25) is 0 Å². The Morgan fingerprint density at radius 1 is 1.17 bits per heavy atom. The molecule has 0 aliphatic rings. The molecule has 0 aromatic heterocycles. The molecule has 1 rings (SSSR count). The average molecular weight is 212 g/mol. The van der Waals surface area contributed by atoms with Crippen molar-refractivity contribution in [3.63, 3.8) is 0 Å². The van der Waals surface area contributed by atoms with Gasteiger partial charge in [0.15, 0.2) is 0 Å². The number of hydrogen-bond donors (Lipinski definition) is 0. The first-order valence-corrected chi connectivity index (χ1v) is 4.31. The van der Waals surface area contributed by atoms with E-state index in [1.165, 1.54) is 12.1 Å². The van der Waals surface area contributed by atoms with Crippen LogP contribution in [-0.2, 0) is 4.57 Å². The molecule has 0 radical (unpaired) electrons. The summed E-state index contributed by atoms with van der Waals surface area (Å²) in [6.07, 6.45) is 0. The van der Waals surface area contributed by atoms with E-state index in [-0.39, 0.29) is 43.5 Å². The van der Waals surface area contributed by atoms with E-state index in [0.717, 1.165) is 0 Å². The molecule has 0 saturated carbocycles. The van der Waals surface area contributed by atoms with Crippen LogP contribution in [0.3, 0.4) is 0 Å². The number of rotatable bonds is 2. The van der Waals surface area contributed by atoms with Crippen molar-refractivity contribution in [1.82, 2.24) is 0 Å². The molecule has 0 unspecified atom stereocenters. The molecule has 0 heterocycles. The van der Waals surface area contributed by atoms with Gasteiger partial charge in [-0.05, 0) is 12.1 Å². The van der Waals surface area contributed by atoms with E-state index in [0.29, 0.717) is 0 Å². The van der Waals surface area contributed by atoms with Crippen molar-refractivity contribution in [3.8, 4) is 5.75 Å². The van der Waals surface area contributed by atoms with E-state index in [4.69, 9.17) is 0 Å². The van der Waals surface area contributed by atoms with Crippen LogP contribution in [0.4, 0.5) is 0 Å². The van der Waals surface area contributed by atoms with Crippen LogP contribution in [0.15, 0.2) is 30.3 Å². The van der Waals surface area contributed by atoms with Gasteiger partial charge in [-0.25, -0.2) is 0 Å². The Balaban J connectivity index is 0.00000121. The topological polar surface area (TPSA) is 72.4 Å². The molecule has 6 heteroatoms. The molecule has 1 aromatic rings. The van der Waals surface area contributed by atoms with Gasteiger partial charge in [0.25, 0.3) is 0 Å². The predicted molar refractivity (Wildman–Crippen MR) is 40.4 cm³/mol. The molecule has 0 amide bonds. The smallest absolute Gasteiger partial charge is 0.780 e. The van der Waals surface area contributed by atoms with Crippen molar-refractivity contribution < 1.29 is 18.9 Å². The molecular weight excluding hydrogens is 207 g/mol. The van der Waals surface area contributed by atoms with Crippen LogP contribution in [0.5, 0.6) is 5.75 Å². The van der Waals surface area contributed by atoms with Gasteiger partial charge in [0.05, 0.1) is 0 Å². The van der Waals surface area contributed by atoms with Gasteiger partial charge in [-0.2, -0.15) is 0 Å². The van der Waals surface area contributed by atoms with Crippen molar-refractivity contribution in [1.29, 1.82) is 0 Å². The summed E-state index contributed by atoms with van der Waals surface area (Å²) in [7, 11) is -4.89. The molecule has 60 valence electrons. The average Bonchev–Trinajstić information content (AvgIpc) is 1.85. The maximum Gasteiger partial charge on any atom is 2.00 e. The Morgan fingerprint density at radius 3 is 2.08 bits per heavy atom. The first kappa shape index (κ1) is 12.4. The third-order valence-corrected chi connectivity index (χ3v) is 1.39. The second-order valence-corrected chi connectivity index (χ2v) is 2.93. The number of phosphoric acid groups is 1. The molecule has 0 spiro atoms. The minimum absolute atomic E-state index is 0. The monoisotopic (exact) mass is 212 g/mol. The zero-order valence-corrected chi connectivity index (χ0v) is 9.28. The van der Waals surface area contributed by atoms with Gasteiger partial charge in [0.2, 0.25) is 0 Å². The van der Waals surface area contributed by atoms with Gasteiger partial charge < -0.3 is 18.9 Å². The van der Waals surface area contributed by atoms with E-state index in [9.17, 15) is 14.4 Å². The van der Waals surface area contributed by atoms with Gasteiger partial charge in [0, 0.05) is 0 Å². The Bertz CT molecular complexity index is 270. The fraction of sp³-hybridized carbons (Fsp3) is 0. The first-order valence-electron chi connectivity index (χ1n) is 2.85. The maximum absolute atomic E-state index is 10.1. The summed E-state index contributed by atoms with van der Waals surface area (Å²) in [4.78, 5) is 20.1. The molecule has 4 nitrogen and oxygen atoms in total. The summed E-state index contributed by atoms with van der Waals surface area (Å²) in [5.74, 6) is 0.0424. The van der Waals surface area contributed by atoms with Crippen molar-refractivity contribution in [2.75, 3.05) is 0 Å². The number of para-hydroxylation sites is 1. The normalized spacial score (nSPS) is 10.2. The molecule has 0 atom stereocenters. The molecule has 0 aliphatic heterocycles. The summed E-state index contributed by atoms with van der Waals surface area (Å²) in [6.45, 7) is 0. The fourth-order valence-corrected chi connectivity index (χ4v) is 0.990. The van der Waals surface area contributed by atoms with Crippen molar-refractivity contribution in [2.45, 2.75) is 0 Å². The fourth-order valence-electron chi connectivity index (χ4n) is 0.610. The Morgan fingerprint density at radius 2 is 1.67 bits per heavy atom. The van der Waals surface area contributed by atoms with Crippen LogP contribution in [0, 0.1) is 0 Å². The van der Waals surface area contributed by atoms with E-state index in [2.05, 4.69) is 4.52 Å². The second kappa shape index (κ2) is 5.22. The molecular formula is C6H5CaO4P. The molecule has 0 saturated heterocycles. The Kier molecular flexibility index (Phi) is 5.41. The van der Waals surface area contributed by atoms with E-state index in [1.54, 1.807) is 18.2 Å². The zero-order valence-electron chi connectivity index (χ0n) is 6.17. The summed E-state index contributed by atoms with van der Waals surface area (Å²) in [6, 6.07) is 7.62. The predicted octanol–water partition coefficient (Wildman–Crippen LogP) is -0.487. The number of benzene rings is 1. The molecule has 0 aliphatic carbocycles. The summed E-state index contributed by atoms with van der Waals surface area (Å²) in [5.41, 5.74) is 0. The quantitative estimate of drug-likeness (QED) is 0.490. The van der Waals surface area contributed by atoms with Crippen LogP contribution < -0.4 is 14.3 Å². The third-order valence-electron chi connectivity index (χ3n) is 0.960. The van der Waals surface area contributed by atoms with Crippen LogP contribution in [-0.4, -0.2) is 37.7 Å². The SMILES string of the molecule is O=P([O-])([O-])Oc1ccccc1.[Ca+2]. The Hall–Kier alpha value is 0.430. The Labute approximate surface area is 99.8 Å². The minimum Gasteiger partial charge on any atom is -0.780 e. The zero-order chi connectivity index (χ0) is 8.32. The number of hydrogen-bond acceptors (Lipinski definition) is 4. The van der Waals surface area contributed by atoms with Gasteiger partial charge >= 0.3 is 37.7 Å². The van der Waals surface area contributed by atoms with Crippen LogP contribution in [0.1, 0.15) is 0 Å². The molecule has 12 heavy (non-hydrogen) atoms. The molecule has 0 bridgehead atoms. The van der Waals surface area contributed by atoms with Crippen molar-refractivity contribution >= 4 is 45.6 Å². The summed E-state index contributed by atoms with van der Waals surface area (Å²) >= 11 is 0. The standard InChI is InChI=1S/C6H7O4P.Ca/c7-11(8,9)10-6-4-2-1-3-5-6;/h1-5H,(H2,7,8,9);/q;+2/p-2. The van der Waals surface area contributed by atoms with E-state index < -0.39 is 7.82 Å².